The third-order valence-corrected chi connectivity index (χ3v) is 8.26. The van der Waals surface area contributed by atoms with Gasteiger partial charge in [0.1, 0.15) is 0 Å². The average Bonchev–Trinajstić information content (AvgIpc) is 3.17. The normalized spacial score (nSPS) is 43.9. The topological polar surface area (TPSA) is 0 Å². The second-order valence-electron chi connectivity index (χ2n) is 8.58. The zero-order chi connectivity index (χ0) is 16.5. The molecule has 24 heavy (non-hydrogen) atoms. The Kier molecular flexibility index (Phi) is 2.92. The number of hydrogen-bond donors (Lipinski definition) is 0. The predicted octanol–water partition coefficient (Wildman–Crippen LogP) is 6.07. The third-order valence-electron chi connectivity index (χ3n) is 8.26. The summed E-state index contributed by atoms with van der Waals surface area (Å²) < 4.78 is 0. The lowest BCUT2D eigenvalue weighted by Crippen LogP contribution is -2.39. The van der Waals surface area contributed by atoms with E-state index in [0.717, 1.165) is 24.2 Å². The van der Waals surface area contributed by atoms with Crippen molar-refractivity contribution in [1.82, 2.24) is 0 Å². The van der Waals surface area contributed by atoms with E-state index in [9.17, 15) is 0 Å². The number of unbranched alkanes of at least 4 members (excludes halogenated alkanes) is 1. The molecule has 6 atom stereocenters. The van der Waals surface area contributed by atoms with Gasteiger partial charge in [0, 0.05) is 16.7 Å². The zero-order valence-corrected chi connectivity index (χ0v) is 15.0. The molecule has 1 aromatic carbocycles. The van der Waals surface area contributed by atoms with Gasteiger partial charge in [0.05, 0.1) is 0 Å². The van der Waals surface area contributed by atoms with Crippen molar-refractivity contribution in [3.05, 3.63) is 71.8 Å². The van der Waals surface area contributed by atoms with Crippen LogP contribution in [0.4, 0.5) is 0 Å². The van der Waals surface area contributed by atoms with E-state index in [0.29, 0.717) is 16.7 Å². The SMILES string of the molecule is C=CCCC[C@@]12C(C)=C(C)[C@@H]3C=C[C@H]4[C@@H](C[C@@H]31)[C@]42c1ccccc1. The second-order valence-corrected chi connectivity index (χ2v) is 8.58. The van der Waals surface area contributed by atoms with E-state index in [4.69, 9.17) is 0 Å². The van der Waals surface area contributed by atoms with Gasteiger partial charge in [-0.1, -0.05) is 59.7 Å². The van der Waals surface area contributed by atoms with Crippen molar-refractivity contribution in [2.75, 3.05) is 0 Å². The molecular formula is C24H28. The van der Waals surface area contributed by atoms with Gasteiger partial charge in [0.15, 0.2) is 0 Å². The second kappa shape index (κ2) is 4.75. The van der Waals surface area contributed by atoms with E-state index in [-0.39, 0.29) is 0 Å². The Bertz CT molecular complexity index is 752. The van der Waals surface area contributed by atoms with Crippen LogP contribution in [0.5, 0.6) is 0 Å². The van der Waals surface area contributed by atoms with Crippen molar-refractivity contribution >= 4 is 0 Å². The number of allylic oxidation sites excluding steroid dienone is 5. The van der Waals surface area contributed by atoms with Crippen LogP contribution in [0.1, 0.15) is 45.1 Å². The number of benzene rings is 1. The fourth-order valence-electron chi connectivity index (χ4n) is 7.46. The molecule has 0 heteroatoms. The van der Waals surface area contributed by atoms with Crippen molar-refractivity contribution < 1.29 is 0 Å². The molecule has 0 nitrogen and oxygen atoms in total. The Morgan fingerprint density at radius 3 is 2.67 bits per heavy atom. The van der Waals surface area contributed by atoms with Crippen LogP contribution >= 0.6 is 0 Å². The fraction of sp³-hybridized carbons (Fsp3) is 0.500. The smallest absolute Gasteiger partial charge is 0.0149 e. The monoisotopic (exact) mass is 316 g/mol. The lowest BCUT2D eigenvalue weighted by atomic mass is 9.59. The molecule has 2 fully saturated rings. The number of hydrogen-bond acceptors (Lipinski definition) is 0. The Balaban J connectivity index is 1.72. The quantitative estimate of drug-likeness (QED) is 0.457. The molecule has 0 amide bonds. The van der Waals surface area contributed by atoms with Gasteiger partial charge in [-0.05, 0) is 62.8 Å². The molecule has 0 heterocycles. The molecule has 6 rings (SSSR count). The summed E-state index contributed by atoms with van der Waals surface area (Å²) >= 11 is 0. The minimum atomic E-state index is 0.382. The minimum absolute atomic E-state index is 0.382. The average molecular weight is 316 g/mol. The molecule has 0 aliphatic heterocycles. The van der Waals surface area contributed by atoms with Crippen molar-refractivity contribution in [2.24, 2.45) is 29.1 Å². The van der Waals surface area contributed by atoms with Crippen LogP contribution in [0.25, 0.3) is 0 Å². The molecule has 2 saturated carbocycles. The highest BCUT2D eigenvalue weighted by Gasteiger charge is 2.82. The van der Waals surface area contributed by atoms with Crippen LogP contribution in [0.2, 0.25) is 0 Å². The first kappa shape index (κ1) is 14.8. The summed E-state index contributed by atoms with van der Waals surface area (Å²) in [5, 5.41) is 0. The molecule has 5 aliphatic carbocycles. The molecule has 5 aliphatic rings. The lowest BCUT2D eigenvalue weighted by molar-refractivity contribution is 0.160. The van der Waals surface area contributed by atoms with Crippen LogP contribution < -0.4 is 0 Å². The van der Waals surface area contributed by atoms with Crippen molar-refractivity contribution in [3.63, 3.8) is 0 Å². The van der Waals surface area contributed by atoms with E-state index in [1.54, 1.807) is 16.7 Å². The molecular weight excluding hydrogens is 288 g/mol. The molecule has 0 saturated heterocycles. The first-order valence-electron chi connectivity index (χ1n) is 9.72. The summed E-state index contributed by atoms with van der Waals surface area (Å²) in [6, 6.07) is 11.5. The van der Waals surface area contributed by atoms with E-state index < -0.39 is 0 Å². The van der Waals surface area contributed by atoms with Crippen molar-refractivity contribution in [3.8, 4) is 0 Å². The lowest BCUT2D eigenvalue weighted by Gasteiger charge is -2.43. The number of rotatable bonds is 5. The van der Waals surface area contributed by atoms with E-state index in [2.05, 4.69) is 69.0 Å². The Hall–Kier alpha value is -1.56. The van der Waals surface area contributed by atoms with Gasteiger partial charge >= 0.3 is 0 Å². The summed E-state index contributed by atoms with van der Waals surface area (Å²) in [6.45, 7) is 8.85. The summed E-state index contributed by atoms with van der Waals surface area (Å²) in [5.74, 6) is 3.18. The van der Waals surface area contributed by atoms with Crippen LogP contribution in [0.3, 0.4) is 0 Å². The largest absolute Gasteiger partial charge is 0.103 e. The van der Waals surface area contributed by atoms with Gasteiger partial charge in [0.2, 0.25) is 0 Å². The van der Waals surface area contributed by atoms with Crippen molar-refractivity contribution in [1.29, 1.82) is 0 Å². The fourth-order valence-corrected chi connectivity index (χ4v) is 7.46. The summed E-state index contributed by atoms with van der Waals surface area (Å²) in [7, 11) is 0. The highest BCUT2D eigenvalue weighted by atomic mass is 14.8. The summed E-state index contributed by atoms with van der Waals surface area (Å²) in [6.07, 6.45) is 12.5. The molecule has 0 aromatic heterocycles. The summed E-state index contributed by atoms with van der Waals surface area (Å²) in [4.78, 5) is 0. The Morgan fingerprint density at radius 2 is 1.92 bits per heavy atom. The van der Waals surface area contributed by atoms with Gasteiger partial charge in [0.25, 0.3) is 0 Å². The third kappa shape index (κ3) is 1.39. The van der Waals surface area contributed by atoms with Crippen molar-refractivity contribution in [2.45, 2.75) is 44.9 Å². The first-order chi connectivity index (χ1) is 11.7. The van der Waals surface area contributed by atoms with Crippen LogP contribution in [-0.4, -0.2) is 0 Å². The maximum absolute atomic E-state index is 3.96. The molecule has 0 N–H and O–H groups in total. The van der Waals surface area contributed by atoms with Gasteiger partial charge in [-0.25, -0.2) is 0 Å². The van der Waals surface area contributed by atoms with Crippen LogP contribution in [0, 0.1) is 29.1 Å². The molecule has 0 unspecified atom stereocenters. The molecule has 6 bridgehead atoms. The van der Waals surface area contributed by atoms with E-state index in [1.807, 2.05) is 0 Å². The first-order valence-corrected chi connectivity index (χ1v) is 9.72. The Labute approximate surface area is 146 Å². The highest BCUT2D eigenvalue weighted by molar-refractivity contribution is 5.56. The Morgan fingerprint density at radius 1 is 1.12 bits per heavy atom. The minimum Gasteiger partial charge on any atom is -0.103 e. The maximum Gasteiger partial charge on any atom is 0.0149 e. The van der Waals surface area contributed by atoms with E-state index >= 15 is 0 Å². The summed E-state index contributed by atoms with van der Waals surface area (Å²) in [5.41, 5.74) is 5.80. The molecule has 1 aromatic rings. The maximum atomic E-state index is 3.96. The molecule has 124 valence electrons. The van der Waals surface area contributed by atoms with Gasteiger partial charge in [-0.2, -0.15) is 0 Å². The molecule has 0 spiro atoms. The van der Waals surface area contributed by atoms with Crippen LogP contribution in [-0.2, 0) is 5.41 Å². The van der Waals surface area contributed by atoms with Gasteiger partial charge in [-0.3, -0.25) is 0 Å². The van der Waals surface area contributed by atoms with Crippen LogP contribution in [0.15, 0.2) is 66.3 Å². The predicted molar refractivity (Wildman–Crippen MR) is 101 cm³/mol. The molecule has 0 radical (unpaired) electrons. The zero-order valence-electron chi connectivity index (χ0n) is 15.0. The van der Waals surface area contributed by atoms with E-state index in [1.165, 1.54) is 19.3 Å². The van der Waals surface area contributed by atoms with Gasteiger partial charge < -0.3 is 0 Å². The van der Waals surface area contributed by atoms with Gasteiger partial charge in [-0.15, -0.1) is 6.58 Å². The standard InChI is InChI=1S/C24H28/c1-4-5-9-14-23-17(3)16(2)19-12-13-20-22(15-21(19)23)24(20,23)18-10-7-6-8-11-18/h4,6-8,10-13,19-22H,1,5,9,14-15H2,2-3H3/t19-,20-,21-,22+,23+,24-/m0/s1. The highest BCUT2D eigenvalue weighted by Crippen LogP contribution is 2.85.